The van der Waals surface area contributed by atoms with Crippen LogP contribution in [0.5, 0.6) is 11.5 Å². The van der Waals surface area contributed by atoms with Gasteiger partial charge in [-0.2, -0.15) is 0 Å². The summed E-state index contributed by atoms with van der Waals surface area (Å²) in [5, 5.41) is 9.93. The maximum Gasteiger partial charge on any atom is 0.334 e. The molecular formula is C25H38O5. The Balaban J connectivity index is 1.96. The van der Waals surface area contributed by atoms with Crippen molar-refractivity contribution in [1.29, 1.82) is 0 Å². The van der Waals surface area contributed by atoms with Crippen LogP contribution in [0.2, 0.25) is 0 Å². The van der Waals surface area contributed by atoms with E-state index in [1.54, 1.807) is 31.4 Å². The van der Waals surface area contributed by atoms with Crippen molar-refractivity contribution in [3.8, 4) is 11.5 Å². The molecule has 0 aromatic heterocycles. The standard InChI is InChI=1S/C25H38O5/c1-18(2)14-20(15-19(3)4)6-7-21-12-13-25(16-26,30-24(21)27)17-29-23-10-8-22(28-5)9-11-23/h7-11,18-20,26H,6,12-17H2,1-5H3/b21-7-. The van der Waals surface area contributed by atoms with E-state index in [1.807, 2.05) is 0 Å². The van der Waals surface area contributed by atoms with Gasteiger partial charge in [0.1, 0.15) is 18.1 Å². The molecule has 0 saturated carbocycles. The van der Waals surface area contributed by atoms with Crippen molar-refractivity contribution in [1.82, 2.24) is 0 Å². The summed E-state index contributed by atoms with van der Waals surface area (Å²) in [5.74, 6) is 2.91. The predicted molar refractivity (Wildman–Crippen MR) is 119 cm³/mol. The summed E-state index contributed by atoms with van der Waals surface area (Å²) in [6.07, 6.45) is 6.43. The molecule has 1 unspecified atom stereocenters. The average Bonchev–Trinajstić information content (AvgIpc) is 2.71. The van der Waals surface area contributed by atoms with Crippen LogP contribution in [0, 0.1) is 17.8 Å². The number of ether oxygens (including phenoxy) is 3. The number of esters is 1. The molecule has 1 aromatic carbocycles. The smallest absolute Gasteiger partial charge is 0.334 e. The molecule has 168 valence electrons. The van der Waals surface area contributed by atoms with E-state index < -0.39 is 5.60 Å². The van der Waals surface area contributed by atoms with Crippen LogP contribution in [-0.2, 0) is 9.53 Å². The van der Waals surface area contributed by atoms with Crippen LogP contribution in [0.25, 0.3) is 0 Å². The van der Waals surface area contributed by atoms with E-state index in [-0.39, 0.29) is 19.2 Å². The molecule has 1 aliphatic rings. The largest absolute Gasteiger partial charge is 0.497 e. The van der Waals surface area contributed by atoms with Crippen molar-refractivity contribution in [3.63, 3.8) is 0 Å². The fourth-order valence-electron chi connectivity index (χ4n) is 4.04. The van der Waals surface area contributed by atoms with Gasteiger partial charge in [0.25, 0.3) is 0 Å². The summed E-state index contributed by atoms with van der Waals surface area (Å²) in [6, 6.07) is 7.20. The number of aliphatic hydroxyl groups excluding tert-OH is 1. The Morgan fingerprint density at radius 2 is 1.70 bits per heavy atom. The van der Waals surface area contributed by atoms with Gasteiger partial charge in [0, 0.05) is 5.57 Å². The Labute approximate surface area is 181 Å². The summed E-state index contributed by atoms with van der Waals surface area (Å²) >= 11 is 0. The topological polar surface area (TPSA) is 65.0 Å². The van der Waals surface area contributed by atoms with Crippen LogP contribution < -0.4 is 9.47 Å². The molecule has 1 fully saturated rings. The van der Waals surface area contributed by atoms with E-state index in [9.17, 15) is 9.90 Å². The molecule has 2 rings (SSSR count). The molecule has 1 heterocycles. The van der Waals surface area contributed by atoms with E-state index in [4.69, 9.17) is 14.2 Å². The lowest BCUT2D eigenvalue weighted by Gasteiger charge is -2.35. The highest BCUT2D eigenvalue weighted by atomic mass is 16.6. The normalized spacial score (nSPS) is 20.8. The summed E-state index contributed by atoms with van der Waals surface area (Å²) in [4.78, 5) is 12.6. The summed E-state index contributed by atoms with van der Waals surface area (Å²) in [6.45, 7) is 8.84. The van der Waals surface area contributed by atoms with Gasteiger partial charge in [0.05, 0.1) is 13.7 Å². The Bertz CT molecular complexity index is 682. The molecule has 5 heteroatoms. The predicted octanol–water partition coefficient (Wildman–Crippen LogP) is 5.17. The number of hydrogen-bond acceptors (Lipinski definition) is 5. The van der Waals surface area contributed by atoms with Crippen molar-refractivity contribution < 1.29 is 24.1 Å². The number of cyclic esters (lactones) is 1. The molecule has 1 atom stereocenters. The van der Waals surface area contributed by atoms with Crippen LogP contribution >= 0.6 is 0 Å². The maximum atomic E-state index is 12.6. The molecule has 5 nitrogen and oxygen atoms in total. The quantitative estimate of drug-likeness (QED) is 0.397. The maximum absolute atomic E-state index is 12.6. The molecule has 30 heavy (non-hydrogen) atoms. The molecule has 1 aliphatic heterocycles. The van der Waals surface area contributed by atoms with E-state index in [2.05, 4.69) is 33.8 Å². The number of allylic oxidation sites excluding steroid dienone is 1. The number of carbonyl (C=O) groups is 1. The van der Waals surface area contributed by atoms with E-state index >= 15 is 0 Å². The molecule has 0 amide bonds. The highest BCUT2D eigenvalue weighted by molar-refractivity contribution is 5.89. The van der Waals surface area contributed by atoms with Crippen LogP contribution in [0.4, 0.5) is 0 Å². The van der Waals surface area contributed by atoms with E-state index in [0.29, 0.717) is 36.3 Å². The van der Waals surface area contributed by atoms with Crippen LogP contribution in [0.15, 0.2) is 35.9 Å². The van der Waals surface area contributed by atoms with Crippen LogP contribution in [-0.4, -0.2) is 37.0 Å². The first-order valence-electron chi connectivity index (χ1n) is 11.1. The minimum atomic E-state index is -0.996. The Kier molecular flexibility index (Phi) is 9.22. The molecule has 0 bridgehead atoms. The van der Waals surface area contributed by atoms with Gasteiger partial charge >= 0.3 is 5.97 Å². The molecule has 0 spiro atoms. The second kappa shape index (κ2) is 11.4. The monoisotopic (exact) mass is 418 g/mol. The fourth-order valence-corrected chi connectivity index (χ4v) is 4.04. The number of rotatable bonds is 11. The minimum Gasteiger partial charge on any atom is -0.497 e. The lowest BCUT2D eigenvalue weighted by molar-refractivity contribution is -0.170. The zero-order chi connectivity index (χ0) is 22.1. The Morgan fingerprint density at radius 1 is 1.10 bits per heavy atom. The van der Waals surface area contributed by atoms with Crippen molar-refractivity contribution in [2.45, 2.75) is 65.4 Å². The van der Waals surface area contributed by atoms with Crippen LogP contribution in [0.3, 0.4) is 0 Å². The van der Waals surface area contributed by atoms with Crippen molar-refractivity contribution in [3.05, 3.63) is 35.9 Å². The molecule has 0 radical (unpaired) electrons. The summed E-state index contributed by atoms with van der Waals surface area (Å²) < 4.78 is 16.6. The van der Waals surface area contributed by atoms with Gasteiger partial charge in [0.15, 0.2) is 5.60 Å². The van der Waals surface area contributed by atoms with E-state index in [1.165, 1.54) is 0 Å². The van der Waals surface area contributed by atoms with Gasteiger partial charge in [-0.25, -0.2) is 4.79 Å². The molecule has 1 saturated heterocycles. The molecule has 0 aliphatic carbocycles. The van der Waals surface area contributed by atoms with Gasteiger partial charge in [-0.3, -0.25) is 0 Å². The summed E-state index contributed by atoms with van der Waals surface area (Å²) in [7, 11) is 1.61. The van der Waals surface area contributed by atoms with Gasteiger partial charge in [-0.1, -0.05) is 33.8 Å². The lowest BCUT2D eigenvalue weighted by Crippen LogP contribution is -2.47. The first-order valence-corrected chi connectivity index (χ1v) is 11.1. The number of hydrogen-bond donors (Lipinski definition) is 1. The second-order valence-electron chi connectivity index (χ2n) is 9.29. The van der Waals surface area contributed by atoms with Gasteiger partial charge in [-0.15, -0.1) is 0 Å². The Hall–Kier alpha value is -2.01. The van der Waals surface area contributed by atoms with Gasteiger partial charge < -0.3 is 19.3 Å². The lowest BCUT2D eigenvalue weighted by atomic mass is 9.85. The van der Waals surface area contributed by atoms with Crippen molar-refractivity contribution in [2.75, 3.05) is 20.3 Å². The van der Waals surface area contributed by atoms with Crippen molar-refractivity contribution in [2.24, 2.45) is 17.8 Å². The zero-order valence-corrected chi connectivity index (χ0v) is 19.1. The SMILES string of the molecule is COc1ccc(OCC2(CO)CC/C(=C/CC(CC(C)C)CC(C)C)C(=O)O2)cc1. The zero-order valence-electron chi connectivity index (χ0n) is 19.1. The first-order chi connectivity index (χ1) is 14.3. The third kappa shape index (κ3) is 7.35. The van der Waals surface area contributed by atoms with E-state index in [0.717, 1.165) is 30.6 Å². The second-order valence-corrected chi connectivity index (χ2v) is 9.29. The number of benzene rings is 1. The van der Waals surface area contributed by atoms with Crippen molar-refractivity contribution >= 4 is 5.97 Å². The van der Waals surface area contributed by atoms with Gasteiger partial charge in [0.2, 0.25) is 0 Å². The number of methoxy groups -OCH3 is 1. The average molecular weight is 419 g/mol. The number of aliphatic hydroxyl groups is 1. The van der Waals surface area contributed by atoms with Gasteiger partial charge in [-0.05, 0) is 74.1 Å². The minimum absolute atomic E-state index is 0.123. The first kappa shape index (κ1) is 24.3. The molecule has 1 aromatic rings. The molecular weight excluding hydrogens is 380 g/mol. The summed E-state index contributed by atoms with van der Waals surface area (Å²) in [5.41, 5.74) is -0.273. The highest BCUT2D eigenvalue weighted by Gasteiger charge is 2.40. The molecule has 1 N–H and O–H groups in total. The fraction of sp³-hybridized carbons (Fsp3) is 0.640. The highest BCUT2D eigenvalue weighted by Crippen LogP contribution is 2.32. The number of carbonyl (C=O) groups excluding carboxylic acids is 1. The third-order valence-corrected chi connectivity index (χ3v) is 5.58. The Morgan fingerprint density at radius 3 is 2.20 bits per heavy atom. The van der Waals surface area contributed by atoms with Crippen LogP contribution in [0.1, 0.15) is 59.8 Å². The third-order valence-electron chi connectivity index (χ3n) is 5.58.